The number of ether oxygens (including phenoxy) is 1. The molecular formula is C19H30N4O2. The largest absolute Gasteiger partial charge is 0.372 e. The van der Waals surface area contributed by atoms with E-state index in [2.05, 4.69) is 28.7 Å². The van der Waals surface area contributed by atoms with Crippen LogP contribution in [-0.2, 0) is 9.53 Å². The predicted octanol–water partition coefficient (Wildman–Crippen LogP) is 2.45. The second-order valence-electron chi connectivity index (χ2n) is 7.69. The molecule has 3 heterocycles. The Hall–Kier alpha value is -1.69. The lowest BCUT2D eigenvalue weighted by atomic mass is 9.94. The third-order valence-electron chi connectivity index (χ3n) is 5.08. The zero-order chi connectivity index (χ0) is 18.0. The van der Waals surface area contributed by atoms with Crippen molar-refractivity contribution in [3.63, 3.8) is 0 Å². The van der Waals surface area contributed by atoms with E-state index in [1.807, 2.05) is 31.0 Å². The normalized spacial score (nSPS) is 25.5. The quantitative estimate of drug-likeness (QED) is 0.841. The maximum atomic E-state index is 12.9. The summed E-state index contributed by atoms with van der Waals surface area (Å²) in [5, 5.41) is 0. The summed E-state index contributed by atoms with van der Waals surface area (Å²) in [4.78, 5) is 26.2. The molecule has 3 rings (SSSR count). The number of amides is 1. The second kappa shape index (κ2) is 7.68. The van der Waals surface area contributed by atoms with Crippen LogP contribution in [0.2, 0.25) is 0 Å². The van der Waals surface area contributed by atoms with Crippen LogP contribution in [0.3, 0.4) is 0 Å². The molecule has 1 aromatic rings. The molecule has 6 nitrogen and oxygen atoms in total. The maximum absolute atomic E-state index is 12.9. The Morgan fingerprint density at radius 3 is 2.44 bits per heavy atom. The van der Waals surface area contributed by atoms with Crippen LogP contribution >= 0.6 is 0 Å². The number of carbonyl (C=O) groups is 1. The highest BCUT2D eigenvalue weighted by atomic mass is 16.5. The molecule has 0 unspecified atom stereocenters. The summed E-state index contributed by atoms with van der Waals surface area (Å²) in [5.41, 5.74) is 0. The minimum absolute atomic E-state index is 0.125. The molecule has 2 aliphatic heterocycles. The summed E-state index contributed by atoms with van der Waals surface area (Å²) in [7, 11) is 0. The Morgan fingerprint density at radius 1 is 1.20 bits per heavy atom. The lowest BCUT2D eigenvalue weighted by Gasteiger charge is -2.39. The summed E-state index contributed by atoms with van der Waals surface area (Å²) in [6.45, 7) is 11.5. The van der Waals surface area contributed by atoms with E-state index < -0.39 is 0 Å². The average molecular weight is 346 g/mol. The molecule has 0 aromatic carbocycles. The van der Waals surface area contributed by atoms with Gasteiger partial charge in [0.05, 0.1) is 12.2 Å². The van der Waals surface area contributed by atoms with Crippen molar-refractivity contribution >= 4 is 11.7 Å². The third-order valence-corrected chi connectivity index (χ3v) is 5.08. The molecule has 0 aliphatic carbocycles. The minimum atomic E-state index is 0.125. The van der Waals surface area contributed by atoms with Crippen molar-refractivity contribution in [3.8, 4) is 0 Å². The van der Waals surface area contributed by atoms with Crippen LogP contribution in [0.25, 0.3) is 0 Å². The van der Waals surface area contributed by atoms with Crippen LogP contribution in [0.4, 0.5) is 5.82 Å². The number of rotatable bonds is 3. The van der Waals surface area contributed by atoms with Gasteiger partial charge < -0.3 is 14.5 Å². The maximum Gasteiger partial charge on any atom is 0.225 e. The van der Waals surface area contributed by atoms with Crippen molar-refractivity contribution in [2.24, 2.45) is 5.92 Å². The van der Waals surface area contributed by atoms with E-state index in [0.717, 1.165) is 37.6 Å². The van der Waals surface area contributed by atoms with Crippen LogP contribution in [0.15, 0.2) is 12.3 Å². The van der Waals surface area contributed by atoms with Crippen molar-refractivity contribution in [2.75, 3.05) is 31.1 Å². The van der Waals surface area contributed by atoms with Gasteiger partial charge in [-0.1, -0.05) is 13.8 Å². The van der Waals surface area contributed by atoms with Crippen LogP contribution in [0.5, 0.6) is 0 Å². The third kappa shape index (κ3) is 4.29. The first-order valence-electron chi connectivity index (χ1n) is 9.46. The zero-order valence-corrected chi connectivity index (χ0v) is 15.8. The number of piperidine rings is 1. The van der Waals surface area contributed by atoms with Gasteiger partial charge in [0.2, 0.25) is 5.91 Å². The molecular weight excluding hydrogens is 316 g/mol. The van der Waals surface area contributed by atoms with Crippen LogP contribution < -0.4 is 4.90 Å². The highest BCUT2D eigenvalue weighted by molar-refractivity contribution is 5.79. The number of carbonyl (C=O) groups excluding carboxylic acids is 1. The van der Waals surface area contributed by atoms with E-state index in [1.165, 1.54) is 0 Å². The van der Waals surface area contributed by atoms with Gasteiger partial charge in [0.1, 0.15) is 11.6 Å². The molecule has 0 N–H and O–H groups in total. The first-order chi connectivity index (χ1) is 11.9. The van der Waals surface area contributed by atoms with Crippen molar-refractivity contribution < 1.29 is 9.53 Å². The predicted molar refractivity (Wildman–Crippen MR) is 97.6 cm³/mol. The van der Waals surface area contributed by atoms with Crippen LogP contribution in [-0.4, -0.2) is 59.2 Å². The number of morpholine rings is 1. The molecule has 0 saturated carbocycles. The SMILES string of the molecule is CC(C)c1nccc(N2CCC(C(=O)N3C[C@@H](C)O[C@H](C)C3)CC2)n1. The Kier molecular flexibility index (Phi) is 5.57. The van der Waals surface area contributed by atoms with Gasteiger partial charge in [-0.2, -0.15) is 0 Å². The van der Waals surface area contributed by atoms with Gasteiger partial charge in [0, 0.05) is 44.2 Å². The number of nitrogens with zero attached hydrogens (tertiary/aromatic N) is 4. The first kappa shape index (κ1) is 18.1. The smallest absolute Gasteiger partial charge is 0.225 e. The van der Waals surface area contributed by atoms with Gasteiger partial charge in [-0.25, -0.2) is 9.97 Å². The lowest BCUT2D eigenvalue weighted by Crippen LogP contribution is -2.51. The summed E-state index contributed by atoms with van der Waals surface area (Å²) in [6, 6.07) is 1.97. The van der Waals surface area contributed by atoms with Crippen molar-refractivity contribution in [1.29, 1.82) is 0 Å². The average Bonchev–Trinajstić information content (AvgIpc) is 2.60. The number of anilines is 1. The Labute approximate surface area is 150 Å². The van der Waals surface area contributed by atoms with Gasteiger partial charge in [-0.15, -0.1) is 0 Å². The van der Waals surface area contributed by atoms with E-state index >= 15 is 0 Å². The summed E-state index contributed by atoms with van der Waals surface area (Å²) in [6.07, 6.45) is 3.87. The van der Waals surface area contributed by atoms with Crippen molar-refractivity contribution in [3.05, 3.63) is 18.1 Å². The fourth-order valence-electron chi connectivity index (χ4n) is 3.79. The van der Waals surface area contributed by atoms with Gasteiger partial charge >= 0.3 is 0 Å². The van der Waals surface area contributed by atoms with Gasteiger partial charge in [0.15, 0.2) is 0 Å². The standard InChI is InChI=1S/C19H30N4O2/c1-13(2)18-20-8-5-17(21-18)22-9-6-16(7-10-22)19(24)23-11-14(3)25-15(4)12-23/h5,8,13-16H,6-7,9-12H2,1-4H3/t14-,15-/m1/s1. The molecule has 0 bridgehead atoms. The summed E-state index contributed by atoms with van der Waals surface area (Å²) in [5.74, 6) is 2.61. The molecule has 2 saturated heterocycles. The molecule has 1 amide bonds. The fourth-order valence-corrected chi connectivity index (χ4v) is 3.79. The monoisotopic (exact) mass is 346 g/mol. The molecule has 6 heteroatoms. The molecule has 0 spiro atoms. The second-order valence-corrected chi connectivity index (χ2v) is 7.69. The van der Waals surface area contributed by atoms with Crippen LogP contribution in [0.1, 0.15) is 52.3 Å². The molecule has 2 aliphatic rings. The zero-order valence-electron chi connectivity index (χ0n) is 15.8. The number of hydrogen-bond acceptors (Lipinski definition) is 5. The molecule has 0 radical (unpaired) electrons. The lowest BCUT2D eigenvalue weighted by molar-refractivity contribution is -0.148. The summed E-state index contributed by atoms with van der Waals surface area (Å²) >= 11 is 0. The van der Waals surface area contributed by atoms with Gasteiger partial charge in [0.25, 0.3) is 0 Å². The highest BCUT2D eigenvalue weighted by Crippen LogP contribution is 2.25. The first-order valence-corrected chi connectivity index (χ1v) is 9.46. The number of aromatic nitrogens is 2. The van der Waals surface area contributed by atoms with E-state index in [9.17, 15) is 4.79 Å². The van der Waals surface area contributed by atoms with Crippen LogP contribution in [0, 0.1) is 5.92 Å². The molecule has 2 atom stereocenters. The Morgan fingerprint density at radius 2 is 1.84 bits per heavy atom. The van der Waals surface area contributed by atoms with E-state index in [1.54, 1.807) is 0 Å². The fraction of sp³-hybridized carbons (Fsp3) is 0.737. The molecule has 1 aromatic heterocycles. The molecule has 2 fully saturated rings. The highest BCUT2D eigenvalue weighted by Gasteiger charge is 2.32. The van der Waals surface area contributed by atoms with Crippen molar-refractivity contribution in [1.82, 2.24) is 14.9 Å². The molecule has 138 valence electrons. The minimum Gasteiger partial charge on any atom is -0.372 e. The van der Waals surface area contributed by atoms with Crippen molar-refractivity contribution in [2.45, 2.75) is 58.7 Å². The summed E-state index contributed by atoms with van der Waals surface area (Å²) < 4.78 is 5.74. The van der Waals surface area contributed by atoms with Gasteiger partial charge in [-0.3, -0.25) is 4.79 Å². The Balaban J connectivity index is 1.58. The van der Waals surface area contributed by atoms with E-state index in [4.69, 9.17) is 4.74 Å². The Bertz CT molecular complexity index is 589. The topological polar surface area (TPSA) is 58.6 Å². The van der Waals surface area contributed by atoms with E-state index in [0.29, 0.717) is 24.9 Å². The molecule has 25 heavy (non-hydrogen) atoms. The van der Waals surface area contributed by atoms with Gasteiger partial charge in [-0.05, 0) is 32.8 Å². The number of hydrogen-bond donors (Lipinski definition) is 0. The van der Waals surface area contributed by atoms with E-state index in [-0.39, 0.29) is 18.1 Å².